The lowest BCUT2D eigenvalue weighted by atomic mass is 9.90. The van der Waals surface area contributed by atoms with E-state index in [4.69, 9.17) is 0 Å². The van der Waals surface area contributed by atoms with E-state index < -0.39 is 0 Å². The first kappa shape index (κ1) is 54.2. The number of hydrogen-bond acceptors (Lipinski definition) is 6. The third-order valence-corrected chi connectivity index (χ3v) is 21.3. The molecule has 0 N–H and O–H groups in total. The number of amides is 2. The molecule has 2 unspecified atom stereocenters. The molecule has 0 saturated carbocycles. The number of aryl methyl sites for hydroxylation is 2. The standard InChI is InChI=1S/C68H78N2O2S4/c1-7-13-17-19-27-47-33-35-59(73-47)61-39-37-57(75-61)53-41-55-63(67(71)69(43-45(11-5)25-15-9-3)65(55)51-31-23-21-29-49(51)53)64-56-42-54(58-38-40-62(76-58)60-36-34-48(74-60)28-20-18-14-8-2)50-30-22-24-32-52(50)66(56)70(68(64)72)44-46(12-6)26-16-10-4/h21-24,29-42,45-46H,7-20,25-28,43-44H2,1-6H3/b64-63+. The summed E-state index contributed by atoms with van der Waals surface area (Å²) < 4.78 is 0. The molecule has 8 heteroatoms. The number of fused-ring (bicyclic) bond motifs is 6. The smallest absolute Gasteiger partial charge is 0.259 e. The Morgan fingerprint density at radius 3 is 1.14 bits per heavy atom. The largest absolute Gasteiger partial charge is 0.307 e. The molecule has 76 heavy (non-hydrogen) atoms. The Balaban J connectivity index is 1.16. The second kappa shape index (κ2) is 25.1. The molecule has 2 aliphatic heterocycles. The van der Waals surface area contributed by atoms with Gasteiger partial charge in [-0.2, -0.15) is 0 Å². The number of anilines is 2. The fourth-order valence-electron chi connectivity index (χ4n) is 11.9. The van der Waals surface area contributed by atoms with Crippen LogP contribution in [0.2, 0.25) is 0 Å². The first-order valence-electron chi connectivity index (χ1n) is 29.2. The van der Waals surface area contributed by atoms with Crippen molar-refractivity contribution in [3.05, 3.63) is 130 Å². The van der Waals surface area contributed by atoms with Crippen LogP contribution in [0, 0.1) is 11.8 Å². The van der Waals surface area contributed by atoms with Crippen LogP contribution in [0.3, 0.4) is 0 Å². The molecular weight excluding hydrogens is 1010 g/mol. The van der Waals surface area contributed by atoms with E-state index in [1.807, 2.05) is 45.3 Å². The second-order valence-corrected chi connectivity index (χ2v) is 26.1. The zero-order valence-electron chi connectivity index (χ0n) is 46.0. The molecule has 0 bridgehead atoms. The molecular formula is C68H78N2O2S4. The van der Waals surface area contributed by atoms with E-state index in [9.17, 15) is 0 Å². The fourth-order valence-corrected chi connectivity index (χ4v) is 16.3. The molecule has 0 saturated heterocycles. The van der Waals surface area contributed by atoms with E-state index >= 15 is 9.59 Å². The Labute approximate surface area is 469 Å². The van der Waals surface area contributed by atoms with E-state index in [1.165, 1.54) is 90.4 Å². The quantitative estimate of drug-likeness (QED) is 0.0400. The van der Waals surface area contributed by atoms with Gasteiger partial charge in [-0.25, -0.2) is 0 Å². The predicted octanol–water partition coefficient (Wildman–Crippen LogP) is 21.2. The minimum atomic E-state index is -0.0466. The summed E-state index contributed by atoms with van der Waals surface area (Å²) in [6.45, 7) is 14.8. The molecule has 4 nitrogen and oxygen atoms in total. The molecule has 0 fully saturated rings. The Kier molecular flexibility index (Phi) is 17.9. The van der Waals surface area contributed by atoms with Gasteiger partial charge in [0, 0.05) is 85.1 Å². The van der Waals surface area contributed by atoms with Crippen molar-refractivity contribution in [1.29, 1.82) is 0 Å². The first-order chi connectivity index (χ1) is 37.3. The number of nitrogens with zero attached hydrogens (tertiary/aromatic N) is 2. The molecule has 10 rings (SSSR count). The van der Waals surface area contributed by atoms with Gasteiger partial charge in [0.05, 0.1) is 22.5 Å². The number of benzene rings is 4. The molecule has 2 amide bonds. The van der Waals surface area contributed by atoms with E-state index in [1.54, 1.807) is 0 Å². The second-order valence-electron chi connectivity index (χ2n) is 21.6. The number of hydrogen-bond donors (Lipinski definition) is 0. The molecule has 4 aromatic carbocycles. The van der Waals surface area contributed by atoms with Gasteiger partial charge in [0.1, 0.15) is 0 Å². The highest BCUT2D eigenvalue weighted by molar-refractivity contribution is 7.24. The molecule has 0 aliphatic carbocycles. The summed E-state index contributed by atoms with van der Waals surface area (Å²) >= 11 is 7.53. The highest BCUT2D eigenvalue weighted by Crippen LogP contribution is 2.55. The maximum absolute atomic E-state index is 16.1. The highest BCUT2D eigenvalue weighted by Gasteiger charge is 2.45. The van der Waals surface area contributed by atoms with Crippen molar-refractivity contribution >= 4 is 101 Å². The summed E-state index contributed by atoms with van der Waals surface area (Å²) in [4.78, 5) is 46.9. The minimum Gasteiger partial charge on any atom is -0.307 e. The van der Waals surface area contributed by atoms with Crippen LogP contribution >= 0.6 is 45.3 Å². The molecule has 8 aromatic rings. The van der Waals surface area contributed by atoms with E-state index in [0.717, 1.165) is 119 Å². The van der Waals surface area contributed by atoms with Crippen molar-refractivity contribution in [3.63, 3.8) is 0 Å². The van der Waals surface area contributed by atoms with Gasteiger partial charge in [0.2, 0.25) is 0 Å². The minimum absolute atomic E-state index is 0.0466. The number of carbonyl (C=O) groups excluding carboxylic acids is 2. The fraction of sp³-hybridized carbons (Fsp3) is 0.412. The van der Waals surface area contributed by atoms with Gasteiger partial charge in [-0.05, 0) is 122 Å². The Morgan fingerprint density at radius 2 is 0.750 bits per heavy atom. The normalized spacial score (nSPS) is 15.2. The Morgan fingerprint density at radius 1 is 0.382 bits per heavy atom. The van der Waals surface area contributed by atoms with Gasteiger partial charge in [-0.15, -0.1) is 45.3 Å². The van der Waals surface area contributed by atoms with Crippen molar-refractivity contribution in [1.82, 2.24) is 0 Å². The van der Waals surface area contributed by atoms with Crippen LogP contribution < -0.4 is 9.80 Å². The number of unbranched alkanes of at least 4 members (excludes halogenated alkanes) is 8. The molecule has 0 radical (unpaired) electrons. The summed E-state index contributed by atoms with van der Waals surface area (Å²) in [7, 11) is 0. The molecule has 2 aliphatic rings. The topological polar surface area (TPSA) is 40.6 Å². The van der Waals surface area contributed by atoms with Crippen LogP contribution in [-0.4, -0.2) is 24.9 Å². The molecule has 396 valence electrons. The van der Waals surface area contributed by atoms with Crippen LogP contribution in [-0.2, 0) is 22.4 Å². The lowest BCUT2D eigenvalue weighted by Crippen LogP contribution is -2.34. The highest BCUT2D eigenvalue weighted by atomic mass is 32.1. The Hall–Kier alpha value is -5.12. The van der Waals surface area contributed by atoms with Crippen LogP contribution in [0.25, 0.3) is 73.1 Å². The molecule has 6 heterocycles. The third kappa shape index (κ3) is 11.1. The van der Waals surface area contributed by atoms with Crippen LogP contribution in [0.15, 0.2) is 109 Å². The van der Waals surface area contributed by atoms with Gasteiger partial charge < -0.3 is 9.80 Å². The SMILES string of the molecule is CCCCCCc1ccc(-c2ccc(-c3cc4c(c5ccccc35)N(CC(CC)CCCC)C(=O)/C4=C3/C(=O)N(CC(CC)CCCC)c4c3cc(-c3ccc(-c5ccc(CCCCCC)s5)s3)c3ccccc43)s2)s1. The number of carbonyl (C=O) groups is 2. The summed E-state index contributed by atoms with van der Waals surface area (Å²) in [6.07, 6.45) is 21.0. The average Bonchev–Trinajstić information content (AvgIpc) is 4.35. The van der Waals surface area contributed by atoms with Crippen molar-refractivity contribution < 1.29 is 9.59 Å². The number of thiophene rings is 4. The molecule has 4 aromatic heterocycles. The number of rotatable bonds is 26. The van der Waals surface area contributed by atoms with E-state index in [0.29, 0.717) is 36.1 Å². The zero-order chi connectivity index (χ0) is 52.7. The maximum atomic E-state index is 16.1. The molecule has 0 spiro atoms. The Bertz CT molecular complexity index is 3120. The third-order valence-electron chi connectivity index (χ3n) is 16.4. The van der Waals surface area contributed by atoms with Gasteiger partial charge in [0.25, 0.3) is 11.8 Å². The van der Waals surface area contributed by atoms with Crippen molar-refractivity contribution in [3.8, 4) is 40.4 Å². The van der Waals surface area contributed by atoms with Crippen molar-refractivity contribution in [2.75, 3.05) is 22.9 Å². The van der Waals surface area contributed by atoms with E-state index in [-0.39, 0.29) is 11.8 Å². The summed E-state index contributed by atoms with van der Waals surface area (Å²) in [5, 5.41) is 4.42. The average molecular weight is 1080 g/mol. The van der Waals surface area contributed by atoms with Gasteiger partial charge in [0.15, 0.2) is 0 Å². The zero-order valence-corrected chi connectivity index (χ0v) is 49.3. The molecule has 2 atom stereocenters. The van der Waals surface area contributed by atoms with Crippen LogP contribution in [0.1, 0.15) is 165 Å². The van der Waals surface area contributed by atoms with Gasteiger partial charge in [-0.1, -0.05) is 167 Å². The first-order valence-corrected chi connectivity index (χ1v) is 32.4. The van der Waals surface area contributed by atoms with Crippen molar-refractivity contribution in [2.24, 2.45) is 11.8 Å². The van der Waals surface area contributed by atoms with Crippen LogP contribution in [0.5, 0.6) is 0 Å². The van der Waals surface area contributed by atoms with Crippen molar-refractivity contribution in [2.45, 2.75) is 157 Å². The summed E-state index contributed by atoms with van der Waals surface area (Å²) in [5.41, 5.74) is 7.03. The van der Waals surface area contributed by atoms with Gasteiger partial charge >= 0.3 is 0 Å². The maximum Gasteiger partial charge on any atom is 0.259 e. The monoisotopic (exact) mass is 1080 g/mol. The lowest BCUT2D eigenvalue weighted by molar-refractivity contribution is -0.114. The predicted molar refractivity (Wildman–Crippen MR) is 335 cm³/mol. The summed E-state index contributed by atoms with van der Waals surface area (Å²) in [5.74, 6) is 0.569. The van der Waals surface area contributed by atoms with Gasteiger partial charge in [-0.3, -0.25) is 9.59 Å². The van der Waals surface area contributed by atoms with E-state index in [2.05, 4.69) is 161 Å². The van der Waals surface area contributed by atoms with Crippen LogP contribution in [0.4, 0.5) is 11.4 Å². The summed E-state index contributed by atoms with van der Waals surface area (Å²) in [6, 6.07) is 40.4. The lowest BCUT2D eigenvalue weighted by Gasteiger charge is -2.25.